The van der Waals surface area contributed by atoms with Gasteiger partial charge in [0.05, 0.1) is 30.8 Å². The van der Waals surface area contributed by atoms with Crippen molar-refractivity contribution < 1.29 is 19.4 Å². The molecule has 4 aromatic rings. The molecule has 0 spiro atoms. The number of carbonyl (C=O) groups is 1. The monoisotopic (exact) mass is 334 g/mol. The van der Waals surface area contributed by atoms with Crippen molar-refractivity contribution in [1.82, 2.24) is 9.97 Å². The number of rotatable bonds is 3. The molecule has 0 unspecified atom stereocenters. The average molecular weight is 334 g/mol. The highest BCUT2D eigenvalue weighted by Crippen LogP contribution is 2.33. The molecule has 0 saturated heterocycles. The molecule has 0 radical (unpaired) electrons. The van der Waals surface area contributed by atoms with Gasteiger partial charge in [-0.25, -0.2) is 14.8 Å². The fourth-order valence-electron chi connectivity index (χ4n) is 3.07. The van der Waals surface area contributed by atoms with E-state index in [2.05, 4.69) is 9.97 Å². The van der Waals surface area contributed by atoms with E-state index in [1.165, 1.54) is 7.11 Å². The lowest BCUT2D eigenvalue weighted by atomic mass is 10.1. The first-order valence-electron chi connectivity index (χ1n) is 7.61. The summed E-state index contributed by atoms with van der Waals surface area (Å²) in [6.07, 6.45) is 0. The third-order valence-electron chi connectivity index (χ3n) is 4.21. The highest BCUT2D eigenvalue weighted by atomic mass is 16.5. The summed E-state index contributed by atoms with van der Waals surface area (Å²) in [6.45, 7) is 0. The molecule has 0 aliphatic carbocycles. The first-order chi connectivity index (χ1) is 12.1. The third kappa shape index (κ3) is 2.22. The van der Waals surface area contributed by atoms with Gasteiger partial charge in [-0.3, -0.25) is 0 Å². The van der Waals surface area contributed by atoms with Gasteiger partial charge in [0.1, 0.15) is 22.6 Å². The Hall–Kier alpha value is -3.41. The van der Waals surface area contributed by atoms with E-state index >= 15 is 0 Å². The van der Waals surface area contributed by atoms with Gasteiger partial charge in [-0.2, -0.15) is 0 Å². The van der Waals surface area contributed by atoms with Crippen LogP contribution in [0.1, 0.15) is 10.4 Å². The summed E-state index contributed by atoms with van der Waals surface area (Å²) in [5.74, 6) is -0.120. The SMILES string of the molecule is COc1ccc2nc3ccc4c(OC)cccc4c3nc2c1C(=O)O. The van der Waals surface area contributed by atoms with Gasteiger partial charge in [-0.15, -0.1) is 0 Å². The number of methoxy groups -OCH3 is 2. The summed E-state index contributed by atoms with van der Waals surface area (Å²) >= 11 is 0. The first kappa shape index (κ1) is 15.1. The Morgan fingerprint density at radius 2 is 1.56 bits per heavy atom. The Balaban J connectivity index is 2.19. The molecule has 1 aromatic heterocycles. The van der Waals surface area contributed by atoms with Crippen LogP contribution in [0.25, 0.3) is 32.8 Å². The average Bonchev–Trinajstić information content (AvgIpc) is 2.64. The lowest BCUT2D eigenvalue weighted by Crippen LogP contribution is -2.04. The van der Waals surface area contributed by atoms with Crippen molar-refractivity contribution in [3.63, 3.8) is 0 Å². The number of ether oxygens (including phenoxy) is 2. The Kier molecular flexibility index (Phi) is 3.39. The van der Waals surface area contributed by atoms with Crippen LogP contribution in [0.15, 0.2) is 42.5 Å². The number of carboxylic acid groups (broad SMARTS) is 1. The molecular formula is C19H14N2O4. The standard InChI is InChI=1S/C19H14N2O4/c1-24-14-5-3-4-11-10(14)6-7-12-17(11)21-18-13(20-12)8-9-15(25-2)16(18)19(22)23/h3-9H,1-2H3,(H,22,23). The number of nitrogens with zero attached hydrogens (tertiary/aromatic N) is 2. The van der Waals surface area contributed by atoms with Crippen LogP contribution in [0.2, 0.25) is 0 Å². The second-order valence-electron chi connectivity index (χ2n) is 5.53. The maximum atomic E-state index is 11.7. The number of hydrogen-bond donors (Lipinski definition) is 1. The second-order valence-corrected chi connectivity index (χ2v) is 5.53. The molecule has 124 valence electrons. The number of fused-ring (bicyclic) bond motifs is 4. The van der Waals surface area contributed by atoms with E-state index in [1.807, 2.05) is 30.3 Å². The van der Waals surface area contributed by atoms with Gasteiger partial charge in [0.2, 0.25) is 0 Å². The highest BCUT2D eigenvalue weighted by Gasteiger charge is 2.19. The maximum Gasteiger partial charge on any atom is 0.341 e. The van der Waals surface area contributed by atoms with Gasteiger partial charge < -0.3 is 14.6 Å². The van der Waals surface area contributed by atoms with Crippen LogP contribution in [0.3, 0.4) is 0 Å². The molecule has 0 atom stereocenters. The predicted molar refractivity (Wildman–Crippen MR) is 94.6 cm³/mol. The van der Waals surface area contributed by atoms with E-state index in [-0.39, 0.29) is 11.3 Å². The Morgan fingerprint density at radius 3 is 2.28 bits per heavy atom. The zero-order valence-electron chi connectivity index (χ0n) is 13.6. The minimum atomic E-state index is -1.10. The van der Waals surface area contributed by atoms with Crippen LogP contribution in [-0.2, 0) is 0 Å². The normalized spacial score (nSPS) is 11.1. The molecule has 0 aliphatic rings. The Morgan fingerprint density at radius 1 is 0.840 bits per heavy atom. The molecule has 6 nitrogen and oxygen atoms in total. The quantitative estimate of drug-likeness (QED) is 0.455. The van der Waals surface area contributed by atoms with Gasteiger partial charge >= 0.3 is 5.97 Å². The molecule has 0 saturated carbocycles. The van der Waals surface area contributed by atoms with Crippen molar-refractivity contribution >= 4 is 38.8 Å². The fraction of sp³-hybridized carbons (Fsp3) is 0.105. The Labute approximate surface area is 142 Å². The van der Waals surface area contributed by atoms with E-state index in [9.17, 15) is 9.90 Å². The molecule has 3 aromatic carbocycles. The summed E-state index contributed by atoms with van der Waals surface area (Å²) in [6, 6.07) is 12.8. The third-order valence-corrected chi connectivity index (χ3v) is 4.21. The lowest BCUT2D eigenvalue weighted by molar-refractivity contribution is 0.0695. The van der Waals surface area contributed by atoms with Crippen molar-refractivity contribution in [2.45, 2.75) is 0 Å². The molecule has 0 amide bonds. The zero-order valence-corrected chi connectivity index (χ0v) is 13.6. The lowest BCUT2D eigenvalue weighted by Gasteiger charge is -2.11. The van der Waals surface area contributed by atoms with E-state index < -0.39 is 5.97 Å². The molecule has 1 heterocycles. The predicted octanol–water partition coefficient (Wildman–Crippen LogP) is 3.65. The number of aromatic carboxylic acids is 1. The molecule has 1 N–H and O–H groups in total. The van der Waals surface area contributed by atoms with Crippen molar-refractivity contribution in [3.05, 3.63) is 48.0 Å². The van der Waals surface area contributed by atoms with E-state index in [1.54, 1.807) is 19.2 Å². The molecule has 6 heteroatoms. The number of hydrogen-bond acceptors (Lipinski definition) is 5. The summed E-state index contributed by atoms with van der Waals surface area (Å²) < 4.78 is 10.6. The zero-order chi connectivity index (χ0) is 17.6. The summed E-state index contributed by atoms with van der Waals surface area (Å²) in [5, 5.41) is 11.3. The first-order valence-corrected chi connectivity index (χ1v) is 7.61. The van der Waals surface area contributed by atoms with Crippen molar-refractivity contribution in [2.75, 3.05) is 14.2 Å². The van der Waals surface area contributed by atoms with E-state index in [0.717, 1.165) is 16.5 Å². The van der Waals surface area contributed by atoms with Gasteiger partial charge in [-0.1, -0.05) is 12.1 Å². The van der Waals surface area contributed by atoms with Gasteiger partial charge in [0.25, 0.3) is 0 Å². The molecule has 4 rings (SSSR count). The minimum Gasteiger partial charge on any atom is -0.496 e. The van der Waals surface area contributed by atoms with Crippen LogP contribution in [0.5, 0.6) is 11.5 Å². The molecule has 0 fully saturated rings. The molecule has 25 heavy (non-hydrogen) atoms. The molecule has 0 bridgehead atoms. The largest absolute Gasteiger partial charge is 0.496 e. The minimum absolute atomic E-state index is 0.00861. The van der Waals surface area contributed by atoms with Crippen molar-refractivity contribution in [2.24, 2.45) is 0 Å². The summed E-state index contributed by atoms with van der Waals surface area (Å²) in [7, 11) is 3.04. The molecule has 0 aliphatic heterocycles. The van der Waals surface area contributed by atoms with E-state index in [4.69, 9.17) is 9.47 Å². The van der Waals surface area contributed by atoms with Crippen LogP contribution in [0.4, 0.5) is 0 Å². The van der Waals surface area contributed by atoms with Crippen molar-refractivity contribution in [1.29, 1.82) is 0 Å². The van der Waals surface area contributed by atoms with Crippen LogP contribution < -0.4 is 9.47 Å². The van der Waals surface area contributed by atoms with E-state index in [0.29, 0.717) is 22.1 Å². The number of carboxylic acids is 1. The van der Waals surface area contributed by atoms with Crippen LogP contribution >= 0.6 is 0 Å². The van der Waals surface area contributed by atoms with Gasteiger partial charge in [-0.05, 0) is 30.3 Å². The highest BCUT2D eigenvalue weighted by molar-refractivity contribution is 6.10. The summed E-state index contributed by atoms with van der Waals surface area (Å²) in [4.78, 5) is 20.9. The van der Waals surface area contributed by atoms with Crippen molar-refractivity contribution in [3.8, 4) is 11.5 Å². The maximum absolute atomic E-state index is 11.7. The smallest absolute Gasteiger partial charge is 0.341 e. The fourth-order valence-corrected chi connectivity index (χ4v) is 3.07. The number of benzene rings is 3. The topological polar surface area (TPSA) is 81.5 Å². The molecular weight excluding hydrogens is 320 g/mol. The van der Waals surface area contributed by atoms with Crippen LogP contribution in [0, 0.1) is 0 Å². The Bertz CT molecular complexity index is 1150. The van der Waals surface area contributed by atoms with Gasteiger partial charge in [0.15, 0.2) is 0 Å². The second kappa shape index (κ2) is 5.59. The summed E-state index contributed by atoms with van der Waals surface area (Å²) in [5.41, 5.74) is 2.13. The number of aromatic nitrogens is 2. The van der Waals surface area contributed by atoms with Gasteiger partial charge in [0, 0.05) is 10.8 Å². The van der Waals surface area contributed by atoms with Crippen LogP contribution in [-0.4, -0.2) is 35.3 Å².